The average Bonchev–Trinajstić information content (AvgIpc) is 3.45. The molecular weight excluding hydrogens is 408 g/mol. The van der Waals surface area contributed by atoms with Crippen molar-refractivity contribution in [3.63, 3.8) is 0 Å². The number of imidazole rings is 1. The molecule has 32 heavy (non-hydrogen) atoms. The van der Waals surface area contributed by atoms with Gasteiger partial charge in [0.25, 0.3) is 11.8 Å². The summed E-state index contributed by atoms with van der Waals surface area (Å²) in [6.45, 7) is 4.56. The molecule has 2 aromatic carbocycles. The van der Waals surface area contributed by atoms with Crippen LogP contribution in [-0.2, 0) is 20.8 Å². The number of rotatable bonds is 9. The summed E-state index contributed by atoms with van der Waals surface area (Å²) in [5.74, 6) is 0.0113. The summed E-state index contributed by atoms with van der Waals surface area (Å²) in [6, 6.07) is 14.6. The second-order valence-electron chi connectivity index (χ2n) is 7.65. The number of aryl methyl sites for hydroxylation is 1. The van der Waals surface area contributed by atoms with Crippen molar-refractivity contribution in [1.29, 1.82) is 0 Å². The molecule has 2 N–H and O–H groups in total. The second-order valence-corrected chi connectivity index (χ2v) is 7.65. The molecule has 0 spiro atoms. The van der Waals surface area contributed by atoms with Gasteiger partial charge in [-0.05, 0) is 56.5 Å². The van der Waals surface area contributed by atoms with E-state index in [1.54, 1.807) is 24.3 Å². The molecule has 0 radical (unpaired) electrons. The lowest BCUT2D eigenvalue weighted by Crippen LogP contribution is -2.27. The highest BCUT2D eigenvalue weighted by molar-refractivity contribution is 6.05. The van der Waals surface area contributed by atoms with Crippen molar-refractivity contribution < 1.29 is 19.1 Å². The van der Waals surface area contributed by atoms with Crippen LogP contribution in [0.25, 0.3) is 11.0 Å². The smallest absolute Gasteiger partial charge is 0.258 e. The third-order valence-electron chi connectivity index (χ3n) is 5.37. The lowest BCUT2D eigenvalue weighted by Gasteiger charge is -2.12. The van der Waals surface area contributed by atoms with Crippen molar-refractivity contribution in [2.24, 2.45) is 0 Å². The molecule has 0 saturated carbocycles. The monoisotopic (exact) mass is 436 g/mol. The maximum absolute atomic E-state index is 13.0. The Labute approximate surface area is 186 Å². The Morgan fingerprint density at radius 3 is 2.88 bits per heavy atom. The van der Waals surface area contributed by atoms with Gasteiger partial charge in [-0.2, -0.15) is 0 Å². The fourth-order valence-corrected chi connectivity index (χ4v) is 3.79. The summed E-state index contributed by atoms with van der Waals surface area (Å²) in [6.07, 6.45) is 1.98. The first-order valence-electron chi connectivity index (χ1n) is 11.0. The fraction of sp³-hybridized carbons (Fsp3) is 0.375. The van der Waals surface area contributed by atoms with Gasteiger partial charge >= 0.3 is 0 Å². The highest BCUT2D eigenvalue weighted by atomic mass is 16.5. The van der Waals surface area contributed by atoms with Gasteiger partial charge in [0.1, 0.15) is 6.10 Å². The molecule has 1 aliphatic heterocycles. The molecule has 3 aromatic rings. The number of hydrogen-bond donors (Lipinski definition) is 2. The zero-order chi connectivity index (χ0) is 22.3. The summed E-state index contributed by atoms with van der Waals surface area (Å²) >= 11 is 0. The van der Waals surface area contributed by atoms with Crippen LogP contribution in [-0.4, -0.2) is 47.3 Å². The minimum atomic E-state index is -0.427. The molecule has 0 bridgehead atoms. The standard InChI is InChI=1S/C24H28N4O4/c1-2-31-14-7-13-28-20-11-4-3-10-19(20)26-24(28)27-22(29)17-8-5-9-18(16-17)25-23(30)21-12-6-15-32-21/h3-5,8-11,16,21H,2,6-7,12-15H2,1H3,(H,25,30)(H,26,27,29). The number of benzene rings is 2. The zero-order valence-corrected chi connectivity index (χ0v) is 18.2. The van der Waals surface area contributed by atoms with Gasteiger partial charge in [0, 0.05) is 37.6 Å². The van der Waals surface area contributed by atoms with Gasteiger partial charge in [-0.3, -0.25) is 14.9 Å². The molecular formula is C24H28N4O4. The van der Waals surface area contributed by atoms with Crippen LogP contribution in [0.2, 0.25) is 0 Å². The first-order valence-corrected chi connectivity index (χ1v) is 11.0. The largest absolute Gasteiger partial charge is 0.382 e. The zero-order valence-electron chi connectivity index (χ0n) is 18.2. The van der Waals surface area contributed by atoms with E-state index in [2.05, 4.69) is 15.6 Å². The van der Waals surface area contributed by atoms with E-state index >= 15 is 0 Å². The van der Waals surface area contributed by atoms with Crippen molar-refractivity contribution >= 4 is 34.5 Å². The minimum Gasteiger partial charge on any atom is -0.382 e. The number of fused-ring (bicyclic) bond motifs is 1. The van der Waals surface area contributed by atoms with Gasteiger partial charge in [0.15, 0.2) is 0 Å². The SMILES string of the molecule is CCOCCCn1c(NC(=O)c2cccc(NC(=O)C3CCCO3)c2)nc2ccccc21. The van der Waals surface area contributed by atoms with Crippen LogP contribution < -0.4 is 10.6 Å². The van der Waals surface area contributed by atoms with Crippen LogP contribution in [0, 0.1) is 0 Å². The Morgan fingerprint density at radius 2 is 2.06 bits per heavy atom. The van der Waals surface area contributed by atoms with Crippen LogP contribution in [0.5, 0.6) is 0 Å². The van der Waals surface area contributed by atoms with E-state index < -0.39 is 6.10 Å². The number of hydrogen-bond acceptors (Lipinski definition) is 5. The van der Waals surface area contributed by atoms with E-state index in [-0.39, 0.29) is 11.8 Å². The molecule has 1 saturated heterocycles. The Bertz CT molecular complexity index is 1090. The molecule has 1 atom stereocenters. The Hall–Kier alpha value is -3.23. The molecule has 168 valence electrons. The number of ether oxygens (including phenoxy) is 2. The van der Waals surface area contributed by atoms with Crippen LogP contribution in [0.3, 0.4) is 0 Å². The van der Waals surface area contributed by atoms with Crippen molar-refractivity contribution in [2.45, 2.75) is 38.8 Å². The molecule has 1 aromatic heterocycles. The molecule has 2 heterocycles. The molecule has 1 fully saturated rings. The molecule has 8 heteroatoms. The summed E-state index contributed by atoms with van der Waals surface area (Å²) in [7, 11) is 0. The number of amides is 2. The number of carbonyl (C=O) groups is 2. The summed E-state index contributed by atoms with van der Waals surface area (Å²) in [4.78, 5) is 29.9. The predicted octanol–water partition coefficient (Wildman–Crippen LogP) is 3.83. The molecule has 8 nitrogen and oxygen atoms in total. The third-order valence-corrected chi connectivity index (χ3v) is 5.37. The predicted molar refractivity (Wildman–Crippen MR) is 123 cm³/mol. The topological polar surface area (TPSA) is 94.5 Å². The summed E-state index contributed by atoms with van der Waals surface area (Å²) < 4.78 is 12.9. The number of nitrogens with one attached hydrogen (secondary N) is 2. The maximum Gasteiger partial charge on any atom is 0.258 e. The van der Waals surface area contributed by atoms with E-state index in [4.69, 9.17) is 9.47 Å². The maximum atomic E-state index is 13.0. The van der Waals surface area contributed by atoms with E-state index in [1.165, 1.54) is 0 Å². The van der Waals surface area contributed by atoms with Crippen molar-refractivity contribution in [3.8, 4) is 0 Å². The number of carbonyl (C=O) groups excluding carboxylic acids is 2. The van der Waals surface area contributed by atoms with Crippen LogP contribution in [0.1, 0.15) is 36.5 Å². The van der Waals surface area contributed by atoms with Crippen LogP contribution in [0.15, 0.2) is 48.5 Å². The van der Waals surface area contributed by atoms with Crippen LogP contribution in [0.4, 0.5) is 11.6 Å². The number of anilines is 2. The van der Waals surface area contributed by atoms with Crippen molar-refractivity contribution in [1.82, 2.24) is 9.55 Å². The Kier molecular flexibility index (Phi) is 7.14. The van der Waals surface area contributed by atoms with Gasteiger partial charge in [-0.25, -0.2) is 4.98 Å². The highest BCUT2D eigenvalue weighted by Crippen LogP contribution is 2.22. The second kappa shape index (κ2) is 10.4. The van der Waals surface area contributed by atoms with Gasteiger partial charge in [-0.1, -0.05) is 18.2 Å². The van der Waals surface area contributed by atoms with E-state index in [9.17, 15) is 9.59 Å². The number of para-hydroxylation sites is 2. The molecule has 2 amide bonds. The van der Waals surface area contributed by atoms with E-state index in [0.29, 0.717) is 50.0 Å². The Balaban J connectivity index is 1.49. The van der Waals surface area contributed by atoms with Crippen LogP contribution >= 0.6 is 0 Å². The van der Waals surface area contributed by atoms with Crippen molar-refractivity contribution in [3.05, 3.63) is 54.1 Å². The molecule has 1 unspecified atom stereocenters. The van der Waals surface area contributed by atoms with Gasteiger partial charge in [-0.15, -0.1) is 0 Å². The quantitative estimate of drug-likeness (QED) is 0.497. The third kappa shape index (κ3) is 5.15. The van der Waals surface area contributed by atoms with Gasteiger partial charge in [0.05, 0.1) is 11.0 Å². The Morgan fingerprint density at radius 1 is 1.19 bits per heavy atom. The number of aromatic nitrogens is 2. The number of nitrogens with zero attached hydrogens (tertiary/aromatic N) is 2. The lowest BCUT2D eigenvalue weighted by atomic mass is 10.1. The van der Waals surface area contributed by atoms with E-state index in [1.807, 2.05) is 35.8 Å². The minimum absolute atomic E-state index is 0.184. The normalized spacial score (nSPS) is 15.7. The first kappa shape index (κ1) is 22.0. The first-order chi connectivity index (χ1) is 15.7. The summed E-state index contributed by atoms with van der Waals surface area (Å²) in [5, 5.41) is 5.76. The lowest BCUT2D eigenvalue weighted by molar-refractivity contribution is -0.124. The molecule has 1 aliphatic rings. The van der Waals surface area contributed by atoms with Gasteiger partial charge < -0.3 is 19.4 Å². The molecule has 4 rings (SSSR count). The fourth-order valence-electron chi connectivity index (χ4n) is 3.79. The average molecular weight is 437 g/mol. The summed E-state index contributed by atoms with van der Waals surface area (Å²) in [5.41, 5.74) is 2.76. The van der Waals surface area contributed by atoms with Gasteiger partial charge in [0.2, 0.25) is 5.95 Å². The molecule has 0 aliphatic carbocycles. The highest BCUT2D eigenvalue weighted by Gasteiger charge is 2.23. The van der Waals surface area contributed by atoms with E-state index in [0.717, 1.165) is 23.9 Å². The van der Waals surface area contributed by atoms with Crippen molar-refractivity contribution in [2.75, 3.05) is 30.5 Å².